The van der Waals surface area contributed by atoms with Gasteiger partial charge in [-0.05, 0) is 0 Å². The summed E-state index contributed by atoms with van der Waals surface area (Å²) < 4.78 is 25.9. The van der Waals surface area contributed by atoms with E-state index >= 15 is 0 Å². The van der Waals surface area contributed by atoms with E-state index in [9.17, 15) is 40.2 Å². The first-order valence-electron chi connectivity index (χ1n) is 9.75. The van der Waals surface area contributed by atoms with Crippen molar-refractivity contribution in [2.45, 2.75) is 75.6 Å². The minimum atomic E-state index is -2.31. The van der Waals surface area contributed by atoms with Crippen molar-refractivity contribution in [3.05, 3.63) is 0 Å². The largest absolute Gasteiger partial charge is 0.463 e. The predicted molar refractivity (Wildman–Crippen MR) is 96.9 cm³/mol. The smallest absolute Gasteiger partial charge is 0.308 e. The average molecular weight is 454 g/mol. The van der Waals surface area contributed by atoms with Gasteiger partial charge in [-0.15, -0.1) is 0 Å². The number of hydrogen-bond acceptors (Lipinski definition) is 13. The molecule has 9 atom stereocenters. The SMILES string of the molecule is CC(=O)OC[C@H]1O[C@H](O[C@]2(CO)O[C@H](COC(=O)C(C)C)[C@@H](O)[C@@H]2O)[C@H](O)[C@@H](O)[C@@H]1O. The van der Waals surface area contributed by atoms with Crippen LogP contribution in [0.1, 0.15) is 20.8 Å². The summed E-state index contributed by atoms with van der Waals surface area (Å²) in [7, 11) is 0. The highest BCUT2D eigenvalue weighted by molar-refractivity contribution is 5.71. The molecule has 13 heteroatoms. The van der Waals surface area contributed by atoms with Crippen molar-refractivity contribution in [3.63, 3.8) is 0 Å². The van der Waals surface area contributed by atoms with E-state index < -0.39 is 92.5 Å². The van der Waals surface area contributed by atoms with Gasteiger partial charge in [0.25, 0.3) is 0 Å². The van der Waals surface area contributed by atoms with Gasteiger partial charge in [0, 0.05) is 6.92 Å². The molecule has 0 unspecified atom stereocenters. The Labute approximate surface area is 178 Å². The first kappa shape index (κ1) is 25.8. The molecule has 0 bridgehead atoms. The van der Waals surface area contributed by atoms with E-state index in [0.717, 1.165) is 6.92 Å². The van der Waals surface area contributed by atoms with Gasteiger partial charge in [0.1, 0.15) is 62.5 Å². The van der Waals surface area contributed by atoms with Crippen molar-refractivity contribution in [2.24, 2.45) is 5.92 Å². The van der Waals surface area contributed by atoms with Gasteiger partial charge in [-0.3, -0.25) is 9.59 Å². The molecule has 2 heterocycles. The number of esters is 2. The van der Waals surface area contributed by atoms with Crippen LogP contribution in [0.15, 0.2) is 0 Å². The summed E-state index contributed by atoms with van der Waals surface area (Å²) in [6.45, 7) is 2.36. The molecule has 0 spiro atoms. The molecule has 0 aliphatic carbocycles. The number of ether oxygens (including phenoxy) is 5. The van der Waals surface area contributed by atoms with Gasteiger partial charge < -0.3 is 54.3 Å². The second-order valence-electron chi connectivity index (χ2n) is 7.78. The van der Waals surface area contributed by atoms with Crippen LogP contribution in [0.2, 0.25) is 0 Å². The number of hydrogen-bond donors (Lipinski definition) is 6. The molecule has 2 rings (SSSR count). The Morgan fingerprint density at radius 1 is 0.935 bits per heavy atom. The summed E-state index contributed by atoms with van der Waals surface area (Å²) in [6, 6.07) is 0. The molecule has 0 amide bonds. The van der Waals surface area contributed by atoms with Crippen molar-refractivity contribution >= 4 is 11.9 Å². The number of rotatable bonds is 8. The zero-order valence-electron chi connectivity index (χ0n) is 17.4. The molecule has 0 aromatic carbocycles. The quantitative estimate of drug-likeness (QED) is 0.196. The van der Waals surface area contributed by atoms with E-state index in [2.05, 4.69) is 0 Å². The van der Waals surface area contributed by atoms with Crippen molar-refractivity contribution in [2.75, 3.05) is 19.8 Å². The Hall–Kier alpha value is -1.42. The van der Waals surface area contributed by atoms with Crippen molar-refractivity contribution in [1.82, 2.24) is 0 Å². The third-order valence-electron chi connectivity index (χ3n) is 5.02. The maximum Gasteiger partial charge on any atom is 0.308 e. The zero-order chi connectivity index (χ0) is 23.5. The minimum absolute atomic E-state index is 0.449. The lowest BCUT2D eigenvalue weighted by molar-refractivity contribution is -0.383. The third-order valence-corrected chi connectivity index (χ3v) is 5.02. The maximum atomic E-state index is 11.6. The Balaban J connectivity index is 2.13. The standard InChI is InChI=1S/C18H30O13/c1-7(2)16(26)28-5-10-12(22)15(25)18(6-19,30-10)31-17-14(24)13(23)11(21)9(29-17)4-27-8(3)20/h7,9-15,17,19,21-25H,4-6H2,1-3H3/t9-,10-,11-,12-,13+,14-,15+,17-,18+/m1/s1. The van der Waals surface area contributed by atoms with Crippen molar-refractivity contribution in [1.29, 1.82) is 0 Å². The molecule has 2 fully saturated rings. The highest BCUT2D eigenvalue weighted by Gasteiger charge is 2.58. The van der Waals surface area contributed by atoms with Crippen LogP contribution >= 0.6 is 0 Å². The Kier molecular flexibility index (Phi) is 8.72. The van der Waals surface area contributed by atoms with E-state index in [1.807, 2.05) is 0 Å². The van der Waals surface area contributed by atoms with Crippen LogP contribution in [-0.2, 0) is 33.3 Å². The molecule has 180 valence electrons. The van der Waals surface area contributed by atoms with Gasteiger partial charge in [-0.2, -0.15) is 0 Å². The highest BCUT2D eigenvalue weighted by Crippen LogP contribution is 2.36. The number of aliphatic hydroxyl groups excluding tert-OH is 6. The molecule has 0 saturated carbocycles. The molecule has 2 saturated heterocycles. The molecule has 0 aromatic rings. The van der Waals surface area contributed by atoms with Gasteiger partial charge in [0.15, 0.2) is 6.29 Å². The molecule has 0 radical (unpaired) electrons. The van der Waals surface area contributed by atoms with E-state index in [1.54, 1.807) is 13.8 Å². The van der Waals surface area contributed by atoms with Crippen LogP contribution in [0.25, 0.3) is 0 Å². The lowest BCUT2D eigenvalue weighted by Gasteiger charge is -2.43. The van der Waals surface area contributed by atoms with Gasteiger partial charge in [-0.25, -0.2) is 0 Å². The van der Waals surface area contributed by atoms with Crippen LogP contribution < -0.4 is 0 Å². The van der Waals surface area contributed by atoms with Gasteiger partial charge >= 0.3 is 11.9 Å². The van der Waals surface area contributed by atoms with E-state index in [1.165, 1.54) is 0 Å². The van der Waals surface area contributed by atoms with Crippen molar-refractivity contribution in [3.8, 4) is 0 Å². The minimum Gasteiger partial charge on any atom is -0.463 e. The summed E-state index contributed by atoms with van der Waals surface area (Å²) in [5.74, 6) is -4.02. The summed E-state index contributed by atoms with van der Waals surface area (Å²) >= 11 is 0. The Morgan fingerprint density at radius 3 is 2.10 bits per heavy atom. The van der Waals surface area contributed by atoms with Crippen LogP contribution in [0.3, 0.4) is 0 Å². The first-order valence-corrected chi connectivity index (χ1v) is 9.75. The molecule has 6 N–H and O–H groups in total. The van der Waals surface area contributed by atoms with Gasteiger partial charge in [-0.1, -0.05) is 13.8 Å². The van der Waals surface area contributed by atoms with E-state index in [4.69, 9.17) is 23.7 Å². The number of carbonyl (C=O) groups is 2. The lowest BCUT2D eigenvalue weighted by Crippen LogP contribution is -2.62. The van der Waals surface area contributed by atoms with Crippen LogP contribution in [-0.4, -0.2) is 117 Å². The summed E-state index contributed by atoms with van der Waals surface area (Å²) in [6.07, 6.45) is -13.1. The van der Waals surface area contributed by atoms with E-state index in [0.29, 0.717) is 0 Å². The first-order chi connectivity index (χ1) is 14.4. The Bertz CT molecular complexity index is 628. The second kappa shape index (κ2) is 10.5. The fourth-order valence-corrected chi connectivity index (χ4v) is 3.14. The number of carbonyl (C=O) groups excluding carboxylic acids is 2. The van der Waals surface area contributed by atoms with Crippen LogP contribution in [0.5, 0.6) is 0 Å². The van der Waals surface area contributed by atoms with Gasteiger partial charge in [0.2, 0.25) is 5.79 Å². The molecule has 2 aliphatic heterocycles. The third kappa shape index (κ3) is 5.69. The Morgan fingerprint density at radius 2 is 1.55 bits per heavy atom. The average Bonchev–Trinajstić information content (AvgIpc) is 2.96. The fourth-order valence-electron chi connectivity index (χ4n) is 3.14. The fraction of sp³-hybridized carbons (Fsp3) is 0.889. The summed E-state index contributed by atoms with van der Waals surface area (Å²) in [5, 5.41) is 60.8. The lowest BCUT2D eigenvalue weighted by atomic mass is 9.99. The van der Waals surface area contributed by atoms with Crippen LogP contribution in [0, 0.1) is 5.92 Å². The molecule has 13 nitrogen and oxygen atoms in total. The monoisotopic (exact) mass is 454 g/mol. The summed E-state index contributed by atoms with van der Waals surface area (Å²) in [4.78, 5) is 22.7. The van der Waals surface area contributed by atoms with E-state index in [-0.39, 0.29) is 0 Å². The van der Waals surface area contributed by atoms with Crippen molar-refractivity contribution < 1.29 is 63.9 Å². The zero-order valence-corrected chi connectivity index (χ0v) is 17.4. The molecule has 31 heavy (non-hydrogen) atoms. The second-order valence-corrected chi connectivity index (χ2v) is 7.78. The van der Waals surface area contributed by atoms with Gasteiger partial charge in [0.05, 0.1) is 5.92 Å². The van der Waals surface area contributed by atoms with Crippen LogP contribution in [0.4, 0.5) is 0 Å². The summed E-state index contributed by atoms with van der Waals surface area (Å²) in [5.41, 5.74) is 0. The maximum absolute atomic E-state index is 11.6. The number of aliphatic hydroxyl groups is 6. The molecular formula is C18H30O13. The predicted octanol–water partition coefficient (Wildman–Crippen LogP) is -3.62. The normalized spacial score (nSPS) is 40.7. The topological polar surface area (TPSA) is 202 Å². The highest BCUT2D eigenvalue weighted by atomic mass is 16.8. The molecular weight excluding hydrogens is 424 g/mol. The molecule has 2 aliphatic rings. The molecule has 0 aromatic heterocycles.